The Morgan fingerprint density at radius 1 is 0.281 bits per heavy atom. The molecule has 3 N–H and O–H groups in total. The molecule has 0 bridgehead atoms. The Morgan fingerprint density at radius 2 is 0.479 bits per heavy atom. The molecule has 0 radical (unpaired) electrons. The lowest BCUT2D eigenvalue weighted by Gasteiger charge is -2.21. The molecule has 0 aromatic heterocycles. The lowest BCUT2D eigenvalue weighted by Crippen LogP contribution is -2.30. The molecule has 17 nitrogen and oxygen atoms in total. The van der Waals surface area contributed by atoms with Crippen LogP contribution in [0.25, 0.3) is 0 Å². The van der Waals surface area contributed by atoms with E-state index < -0.39 is 97.5 Å². The molecule has 5 atom stereocenters. The zero-order valence-electron chi connectivity index (χ0n) is 62.5. The van der Waals surface area contributed by atoms with Crippen LogP contribution in [0.5, 0.6) is 0 Å². The van der Waals surface area contributed by atoms with Gasteiger partial charge in [-0.2, -0.15) is 0 Å². The van der Waals surface area contributed by atoms with Crippen molar-refractivity contribution in [2.45, 2.75) is 425 Å². The van der Waals surface area contributed by atoms with Crippen LogP contribution in [0, 0.1) is 5.92 Å². The number of phosphoric ester groups is 2. The molecule has 0 aromatic carbocycles. The third kappa shape index (κ3) is 70.5. The summed E-state index contributed by atoms with van der Waals surface area (Å²) in [6.07, 6.45) is 59.5. The molecule has 2 unspecified atom stereocenters. The lowest BCUT2D eigenvalue weighted by molar-refractivity contribution is -0.161. The monoisotopic (exact) mass is 1410 g/mol. The van der Waals surface area contributed by atoms with Crippen LogP contribution in [0.3, 0.4) is 0 Å². The van der Waals surface area contributed by atoms with Crippen molar-refractivity contribution >= 4 is 39.5 Å². The first-order valence-electron chi connectivity index (χ1n) is 40.1. The minimum atomic E-state index is -4.96. The maximum absolute atomic E-state index is 13.1. The van der Waals surface area contributed by atoms with Gasteiger partial charge in [-0.25, -0.2) is 9.13 Å². The summed E-state index contributed by atoms with van der Waals surface area (Å²) >= 11 is 0. The molecule has 0 heterocycles. The molecule has 0 aliphatic rings. The van der Waals surface area contributed by atoms with E-state index in [0.29, 0.717) is 25.7 Å². The Hall–Kier alpha value is -1.94. The Kier molecular flexibility index (Phi) is 68.7. The van der Waals surface area contributed by atoms with Gasteiger partial charge in [-0.1, -0.05) is 356 Å². The SMILES string of the molecule is CCCCCCCCCCCCCCCCCCC(=O)OC[C@H](COP(=O)(O)OC[C@@H](O)COP(=O)(O)OC[C@@H](COC(=O)CCCCCCCCCCCC)OC(=O)CCCCCCCCCCCCCCCC)OC(=O)CCCCCCCCCCCCCCCC(C)C. The normalized spacial score (nSPS) is 13.9. The first-order chi connectivity index (χ1) is 46.5. The number of phosphoric acid groups is 2. The third-order valence-electron chi connectivity index (χ3n) is 18.0. The van der Waals surface area contributed by atoms with E-state index in [2.05, 4.69) is 34.6 Å². The smallest absolute Gasteiger partial charge is 0.462 e. The van der Waals surface area contributed by atoms with Crippen LogP contribution in [-0.2, 0) is 65.4 Å². The number of rotatable bonds is 77. The number of carbonyl (C=O) groups is 4. The highest BCUT2D eigenvalue weighted by molar-refractivity contribution is 7.47. The van der Waals surface area contributed by atoms with Crippen molar-refractivity contribution in [3.05, 3.63) is 0 Å². The second-order valence-electron chi connectivity index (χ2n) is 28.2. The van der Waals surface area contributed by atoms with Crippen LogP contribution in [0.4, 0.5) is 0 Å². The molecule has 0 aliphatic carbocycles. The average Bonchev–Trinajstić information content (AvgIpc) is 1.10. The molecule has 96 heavy (non-hydrogen) atoms. The van der Waals surface area contributed by atoms with E-state index in [0.717, 1.165) is 95.8 Å². The molecule has 0 saturated heterocycles. The summed E-state index contributed by atoms with van der Waals surface area (Å²) in [6.45, 7) is 7.32. The highest BCUT2D eigenvalue weighted by Crippen LogP contribution is 2.45. The molecule has 0 saturated carbocycles. The van der Waals surface area contributed by atoms with Crippen LogP contribution in [0.1, 0.15) is 407 Å². The van der Waals surface area contributed by atoms with Crippen molar-refractivity contribution in [3.8, 4) is 0 Å². The molecule has 19 heteroatoms. The fraction of sp³-hybridized carbons (Fsp3) is 0.948. The Bertz CT molecular complexity index is 1840. The summed E-state index contributed by atoms with van der Waals surface area (Å²) in [5, 5.41) is 10.6. The molecule has 0 amide bonds. The Balaban J connectivity index is 5.24. The summed E-state index contributed by atoms with van der Waals surface area (Å²) in [5.74, 6) is -1.32. The van der Waals surface area contributed by atoms with E-state index >= 15 is 0 Å². The van der Waals surface area contributed by atoms with Gasteiger partial charge in [0.2, 0.25) is 0 Å². The van der Waals surface area contributed by atoms with Gasteiger partial charge in [-0.3, -0.25) is 37.3 Å². The Labute approximate surface area is 588 Å². The van der Waals surface area contributed by atoms with E-state index in [1.54, 1.807) is 0 Å². The van der Waals surface area contributed by atoms with E-state index in [4.69, 9.17) is 37.0 Å². The van der Waals surface area contributed by atoms with Gasteiger partial charge in [0.1, 0.15) is 19.3 Å². The van der Waals surface area contributed by atoms with Crippen molar-refractivity contribution in [2.75, 3.05) is 39.6 Å². The minimum absolute atomic E-state index is 0.108. The van der Waals surface area contributed by atoms with Crippen LogP contribution >= 0.6 is 15.6 Å². The standard InChI is InChI=1S/C77H150O17P2/c1-6-9-12-15-18-21-24-26-28-29-33-36-41-46-51-56-61-75(80)88-67-73(94-77(82)63-58-53-48-43-38-34-30-31-35-39-44-49-54-59-70(4)5)69-92-96(85,86)90-65-71(78)64-89-95(83,84)91-68-72(66-87-74(79)60-55-50-45-40-23-20-17-14-11-8-3)93-76(81)62-57-52-47-42-37-32-27-25-22-19-16-13-10-7-2/h70-73,78H,6-69H2,1-5H3,(H,83,84)(H,85,86)/t71-,72+,73+/m0/s1. The maximum Gasteiger partial charge on any atom is 0.472 e. The summed E-state index contributed by atoms with van der Waals surface area (Å²) < 4.78 is 68.6. The van der Waals surface area contributed by atoms with Gasteiger partial charge in [0, 0.05) is 25.7 Å². The second-order valence-corrected chi connectivity index (χ2v) is 31.1. The van der Waals surface area contributed by atoms with E-state index in [1.165, 1.54) is 231 Å². The van der Waals surface area contributed by atoms with Gasteiger partial charge < -0.3 is 33.8 Å². The molecule has 0 aliphatic heterocycles. The van der Waals surface area contributed by atoms with Crippen LogP contribution in [-0.4, -0.2) is 96.7 Å². The first-order valence-corrected chi connectivity index (χ1v) is 43.1. The molecule has 570 valence electrons. The fourth-order valence-corrected chi connectivity index (χ4v) is 13.5. The summed E-state index contributed by atoms with van der Waals surface area (Å²) in [4.78, 5) is 72.9. The second kappa shape index (κ2) is 70.1. The van der Waals surface area contributed by atoms with Gasteiger partial charge in [-0.15, -0.1) is 0 Å². The van der Waals surface area contributed by atoms with Crippen molar-refractivity contribution in [1.82, 2.24) is 0 Å². The van der Waals surface area contributed by atoms with Crippen LogP contribution < -0.4 is 0 Å². The topological polar surface area (TPSA) is 237 Å². The third-order valence-corrected chi connectivity index (χ3v) is 19.9. The van der Waals surface area contributed by atoms with Crippen molar-refractivity contribution in [1.29, 1.82) is 0 Å². The number of aliphatic hydroxyl groups is 1. The zero-order valence-corrected chi connectivity index (χ0v) is 64.3. The Morgan fingerprint density at radius 3 is 0.708 bits per heavy atom. The largest absolute Gasteiger partial charge is 0.472 e. The van der Waals surface area contributed by atoms with E-state index in [-0.39, 0.29) is 25.7 Å². The van der Waals surface area contributed by atoms with E-state index in [1.807, 2.05) is 0 Å². The predicted molar refractivity (Wildman–Crippen MR) is 391 cm³/mol. The summed E-state index contributed by atoms with van der Waals surface area (Å²) in [7, 11) is -9.91. The zero-order chi connectivity index (χ0) is 70.5. The van der Waals surface area contributed by atoms with Gasteiger partial charge in [0.25, 0.3) is 0 Å². The van der Waals surface area contributed by atoms with Crippen molar-refractivity contribution < 1.29 is 80.2 Å². The van der Waals surface area contributed by atoms with Gasteiger partial charge in [0.05, 0.1) is 26.4 Å². The maximum atomic E-state index is 13.1. The van der Waals surface area contributed by atoms with Crippen LogP contribution in [0.2, 0.25) is 0 Å². The van der Waals surface area contributed by atoms with E-state index in [9.17, 15) is 43.2 Å². The van der Waals surface area contributed by atoms with Gasteiger partial charge in [-0.05, 0) is 31.6 Å². The number of hydrogen-bond donors (Lipinski definition) is 3. The number of esters is 4. The quantitative estimate of drug-likeness (QED) is 0.0222. The predicted octanol–water partition coefficient (Wildman–Crippen LogP) is 22.9. The lowest BCUT2D eigenvalue weighted by atomic mass is 10.0. The molecule has 0 rings (SSSR count). The highest BCUT2D eigenvalue weighted by Gasteiger charge is 2.30. The molecule has 0 spiro atoms. The number of aliphatic hydroxyl groups excluding tert-OH is 1. The first kappa shape index (κ1) is 94.1. The fourth-order valence-electron chi connectivity index (χ4n) is 11.9. The minimum Gasteiger partial charge on any atom is -0.462 e. The number of unbranched alkanes of at least 4 members (excludes halogenated alkanes) is 49. The summed E-state index contributed by atoms with van der Waals surface area (Å²) in [5.41, 5.74) is 0. The number of hydrogen-bond acceptors (Lipinski definition) is 15. The van der Waals surface area contributed by atoms with Crippen LogP contribution in [0.15, 0.2) is 0 Å². The molecular formula is C77H150O17P2. The number of ether oxygens (including phenoxy) is 4. The summed E-state index contributed by atoms with van der Waals surface area (Å²) in [6, 6.07) is 0. The van der Waals surface area contributed by atoms with Gasteiger partial charge >= 0.3 is 39.5 Å². The average molecular weight is 1410 g/mol. The molecular weight excluding hydrogens is 1260 g/mol. The molecule has 0 fully saturated rings. The van der Waals surface area contributed by atoms with Gasteiger partial charge in [0.15, 0.2) is 12.2 Å². The highest BCUT2D eigenvalue weighted by atomic mass is 31.2. The van der Waals surface area contributed by atoms with Crippen molar-refractivity contribution in [3.63, 3.8) is 0 Å². The molecule has 0 aromatic rings. The van der Waals surface area contributed by atoms with Crippen molar-refractivity contribution in [2.24, 2.45) is 5.92 Å². The number of carbonyl (C=O) groups excluding carboxylic acids is 4.